The average Bonchev–Trinajstić information content (AvgIpc) is 3.40. The molecule has 1 N–H and O–H groups in total. The lowest BCUT2D eigenvalue weighted by Crippen LogP contribution is -2.17. The van der Waals surface area contributed by atoms with Gasteiger partial charge in [-0.05, 0) is 61.4 Å². The number of anilines is 2. The van der Waals surface area contributed by atoms with Crippen LogP contribution in [0.3, 0.4) is 0 Å². The van der Waals surface area contributed by atoms with Crippen LogP contribution in [0.2, 0.25) is 0 Å². The molecule has 0 spiro atoms. The summed E-state index contributed by atoms with van der Waals surface area (Å²) in [5, 5.41) is 10.8. The SMILES string of the molecule is O=C(CCc1nnc(-c2ccc(F)cc2)o1)Nc1ccc(N2CCCC2)cc1. The van der Waals surface area contributed by atoms with Gasteiger partial charge in [0.2, 0.25) is 17.7 Å². The lowest BCUT2D eigenvalue weighted by molar-refractivity contribution is -0.116. The van der Waals surface area contributed by atoms with Crippen LogP contribution in [0, 0.1) is 5.82 Å². The molecule has 0 unspecified atom stereocenters. The first-order valence-corrected chi connectivity index (χ1v) is 9.40. The van der Waals surface area contributed by atoms with Crippen molar-refractivity contribution in [2.75, 3.05) is 23.3 Å². The lowest BCUT2D eigenvalue weighted by Gasteiger charge is -2.17. The third-order valence-corrected chi connectivity index (χ3v) is 4.75. The first-order chi connectivity index (χ1) is 13.7. The Labute approximate surface area is 162 Å². The zero-order chi connectivity index (χ0) is 19.3. The molecule has 1 amide bonds. The molecule has 6 nitrogen and oxygen atoms in total. The largest absolute Gasteiger partial charge is 0.421 e. The van der Waals surface area contributed by atoms with Crippen molar-refractivity contribution in [2.24, 2.45) is 0 Å². The number of halogens is 1. The molecule has 28 heavy (non-hydrogen) atoms. The number of hydrogen-bond donors (Lipinski definition) is 1. The Balaban J connectivity index is 1.29. The predicted octanol–water partition coefficient (Wildman–Crippen LogP) is 4.05. The molecule has 0 aliphatic carbocycles. The second kappa shape index (κ2) is 8.21. The first-order valence-electron chi connectivity index (χ1n) is 9.40. The molecule has 3 aromatic rings. The summed E-state index contributed by atoms with van der Waals surface area (Å²) >= 11 is 0. The molecule has 144 valence electrons. The molecule has 0 radical (unpaired) electrons. The molecule has 0 atom stereocenters. The molecular weight excluding hydrogens is 359 g/mol. The van der Waals surface area contributed by atoms with Crippen LogP contribution in [0.25, 0.3) is 11.5 Å². The number of nitrogens with one attached hydrogen (secondary N) is 1. The summed E-state index contributed by atoms with van der Waals surface area (Å²) in [6.45, 7) is 2.19. The fraction of sp³-hybridized carbons (Fsp3) is 0.286. The smallest absolute Gasteiger partial charge is 0.247 e. The van der Waals surface area contributed by atoms with Crippen LogP contribution in [-0.2, 0) is 11.2 Å². The van der Waals surface area contributed by atoms with Gasteiger partial charge in [-0.15, -0.1) is 10.2 Å². The van der Waals surface area contributed by atoms with E-state index in [2.05, 4.69) is 20.4 Å². The Morgan fingerprint density at radius 2 is 1.75 bits per heavy atom. The molecule has 1 aliphatic rings. The van der Waals surface area contributed by atoms with Crippen LogP contribution >= 0.6 is 0 Å². The van der Waals surface area contributed by atoms with Gasteiger partial charge in [0.25, 0.3) is 0 Å². The Bertz CT molecular complexity index is 932. The van der Waals surface area contributed by atoms with Gasteiger partial charge in [0.05, 0.1) is 0 Å². The minimum absolute atomic E-state index is 0.115. The summed E-state index contributed by atoms with van der Waals surface area (Å²) in [6.07, 6.45) is 3.04. The Morgan fingerprint density at radius 3 is 2.46 bits per heavy atom. The number of carbonyl (C=O) groups excluding carboxylic acids is 1. The van der Waals surface area contributed by atoms with Gasteiger partial charge in [-0.25, -0.2) is 4.39 Å². The van der Waals surface area contributed by atoms with E-state index >= 15 is 0 Å². The van der Waals surface area contributed by atoms with E-state index in [9.17, 15) is 9.18 Å². The highest BCUT2D eigenvalue weighted by atomic mass is 19.1. The van der Waals surface area contributed by atoms with Gasteiger partial charge in [0.15, 0.2) is 0 Å². The highest BCUT2D eigenvalue weighted by molar-refractivity contribution is 5.90. The van der Waals surface area contributed by atoms with Crippen LogP contribution in [0.1, 0.15) is 25.2 Å². The molecule has 1 saturated heterocycles. The van der Waals surface area contributed by atoms with Crippen LogP contribution in [0.5, 0.6) is 0 Å². The van der Waals surface area contributed by atoms with E-state index in [1.807, 2.05) is 24.3 Å². The van der Waals surface area contributed by atoms with E-state index in [-0.39, 0.29) is 18.1 Å². The van der Waals surface area contributed by atoms with Crippen LogP contribution < -0.4 is 10.2 Å². The second-order valence-electron chi connectivity index (χ2n) is 6.80. The lowest BCUT2D eigenvalue weighted by atomic mass is 10.2. The van der Waals surface area contributed by atoms with Crippen molar-refractivity contribution in [1.29, 1.82) is 0 Å². The summed E-state index contributed by atoms with van der Waals surface area (Å²) < 4.78 is 18.5. The monoisotopic (exact) mass is 380 g/mol. The highest BCUT2D eigenvalue weighted by Crippen LogP contribution is 2.22. The predicted molar refractivity (Wildman–Crippen MR) is 105 cm³/mol. The van der Waals surface area contributed by atoms with E-state index in [1.165, 1.54) is 30.7 Å². The summed E-state index contributed by atoms with van der Waals surface area (Å²) in [4.78, 5) is 14.5. The van der Waals surface area contributed by atoms with Gasteiger partial charge in [-0.2, -0.15) is 0 Å². The van der Waals surface area contributed by atoms with Gasteiger partial charge >= 0.3 is 0 Å². The maximum atomic E-state index is 13.0. The first kappa shape index (κ1) is 18.2. The van der Waals surface area contributed by atoms with Crippen molar-refractivity contribution in [2.45, 2.75) is 25.7 Å². The number of aryl methyl sites for hydroxylation is 1. The fourth-order valence-electron chi connectivity index (χ4n) is 3.24. The van der Waals surface area contributed by atoms with Crippen molar-refractivity contribution in [3.63, 3.8) is 0 Å². The molecule has 7 heteroatoms. The van der Waals surface area contributed by atoms with Gasteiger partial charge in [-0.1, -0.05) is 0 Å². The van der Waals surface area contributed by atoms with E-state index < -0.39 is 0 Å². The zero-order valence-corrected chi connectivity index (χ0v) is 15.4. The average molecular weight is 380 g/mol. The fourth-order valence-corrected chi connectivity index (χ4v) is 3.24. The standard InChI is InChI=1S/C21H21FN4O2/c22-16-5-3-15(4-6-16)21-25-24-20(28-21)12-11-19(27)23-17-7-9-18(10-8-17)26-13-1-2-14-26/h3-10H,1-2,11-14H2,(H,23,27). The Morgan fingerprint density at radius 1 is 1.04 bits per heavy atom. The second-order valence-corrected chi connectivity index (χ2v) is 6.80. The van der Waals surface area contributed by atoms with Crippen molar-refractivity contribution >= 4 is 17.3 Å². The van der Waals surface area contributed by atoms with Gasteiger partial charge in [0.1, 0.15) is 5.82 Å². The zero-order valence-electron chi connectivity index (χ0n) is 15.4. The summed E-state index contributed by atoms with van der Waals surface area (Å²) in [5.41, 5.74) is 2.60. The number of nitrogens with zero attached hydrogens (tertiary/aromatic N) is 3. The maximum absolute atomic E-state index is 13.0. The van der Waals surface area contributed by atoms with Crippen LogP contribution in [-0.4, -0.2) is 29.2 Å². The van der Waals surface area contributed by atoms with E-state index in [0.717, 1.165) is 18.8 Å². The molecule has 1 fully saturated rings. The number of carbonyl (C=O) groups is 1. The van der Waals surface area contributed by atoms with Crippen molar-refractivity contribution in [3.05, 3.63) is 60.2 Å². The normalized spacial score (nSPS) is 13.7. The summed E-state index contributed by atoms with van der Waals surface area (Å²) in [5.74, 6) is 0.246. The quantitative estimate of drug-likeness (QED) is 0.699. The van der Waals surface area contributed by atoms with Crippen molar-refractivity contribution in [3.8, 4) is 11.5 Å². The number of aromatic nitrogens is 2. The Hall–Kier alpha value is -3.22. The number of rotatable bonds is 6. The molecule has 0 bridgehead atoms. The molecular formula is C21H21FN4O2. The van der Waals surface area contributed by atoms with Crippen molar-refractivity contribution in [1.82, 2.24) is 10.2 Å². The number of amides is 1. The Kier molecular flexibility index (Phi) is 5.32. The van der Waals surface area contributed by atoms with E-state index in [4.69, 9.17) is 4.42 Å². The van der Waals surface area contributed by atoms with E-state index in [0.29, 0.717) is 23.8 Å². The van der Waals surface area contributed by atoms with Gasteiger partial charge in [-0.3, -0.25) is 4.79 Å². The van der Waals surface area contributed by atoms with Crippen molar-refractivity contribution < 1.29 is 13.6 Å². The third kappa shape index (κ3) is 4.36. The van der Waals surface area contributed by atoms with Gasteiger partial charge in [0, 0.05) is 42.9 Å². The molecule has 1 aromatic heterocycles. The minimum atomic E-state index is -0.325. The molecule has 1 aliphatic heterocycles. The number of hydrogen-bond acceptors (Lipinski definition) is 5. The molecule has 2 heterocycles. The highest BCUT2D eigenvalue weighted by Gasteiger charge is 2.13. The van der Waals surface area contributed by atoms with Gasteiger partial charge < -0.3 is 14.6 Å². The molecule has 2 aromatic carbocycles. The molecule has 0 saturated carbocycles. The number of benzene rings is 2. The summed E-state index contributed by atoms with van der Waals surface area (Å²) in [7, 11) is 0. The topological polar surface area (TPSA) is 71.3 Å². The van der Waals surface area contributed by atoms with Crippen LogP contribution in [0.4, 0.5) is 15.8 Å². The van der Waals surface area contributed by atoms with Crippen LogP contribution in [0.15, 0.2) is 52.9 Å². The third-order valence-electron chi connectivity index (χ3n) is 4.75. The minimum Gasteiger partial charge on any atom is -0.421 e. The van der Waals surface area contributed by atoms with E-state index in [1.54, 1.807) is 12.1 Å². The summed E-state index contributed by atoms with van der Waals surface area (Å²) in [6, 6.07) is 13.7. The molecule has 4 rings (SSSR count). The maximum Gasteiger partial charge on any atom is 0.247 e.